The van der Waals surface area contributed by atoms with E-state index < -0.39 is 0 Å². The first-order valence-electron chi connectivity index (χ1n) is 10.3. The summed E-state index contributed by atoms with van der Waals surface area (Å²) in [6.45, 7) is 11.3. The summed E-state index contributed by atoms with van der Waals surface area (Å²) >= 11 is 0. The Hall–Kier alpha value is -2.45. The lowest BCUT2D eigenvalue weighted by atomic mass is 9.79. The molecule has 3 aromatic rings. The normalized spacial score (nSPS) is 18.7. The van der Waals surface area contributed by atoms with Gasteiger partial charge in [-0.05, 0) is 60.1 Å². The number of fused-ring (bicyclic) bond motifs is 5. The topological polar surface area (TPSA) is 24.1 Å². The smallest absolute Gasteiger partial charge is 0.221 e. The van der Waals surface area contributed by atoms with Gasteiger partial charge in [0.25, 0.3) is 0 Å². The lowest BCUT2D eigenvalue weighted by Crippen LogP contribution is -2.46. The van der Waals surface area contributed by atoms with Crippen LogP contribution in [0.5, 0.6) is 0 Å². The summed E-state index contributed by atoms with van der Waals surface area (Å²) in [4.78, 5) is 0. The molecule has 4 rings (SSSR count). The van der Waals surface area contributed by atoms with Crippen LogP contribution in [0, 0.1) is 13.8 Å². The molecule has 28 heavy (non-hydrogen) atoms. The number of aliphatic hydroxyl groups excluding tert-OH is 1. The first-order valence-corrected chi connectivity index (χ1v) is 10.3. The Morgan fingerprint density at radius 3 is 2.61 bits per heavy atom. The fourth-order valence-corrected chi connectivity index (χ4v) is 4.85. The number of allylic oxidation sites excluding steroid dienone is 1. The molecule has 0 saturated heterocycles. The van der Waals surface area contributed by atoms with Crippen molar-refractivity contribution in [2.24, 2.45) is 0 Å². The average Bonchev–Trinajstić information content (AvgIpc) is 2.66. The summed E-state index contributed by atoms with van der Waals surface area (Å²) in [5, 5.41) is 12.0. The fraction of sp³-hybridized carbons (Fsp3) is 0.346. The number of benzene rings is 2. The molecule has 2 unspecified atom stereocenters. The number of hydrogen-bond acceptors (Lipinski definition) is 1. The standard InChI is InChI=1S/C26H30NO/c1-16(2)20-8-9-22-21(15-20)10-11-27-24(7-6-12-28)19(5)25-18(4)13-17(3)14-23(25)26(22)27/h6-11,13-16,19,24,28H,12H2,1-5H3/q+1/b7-6+. The van der Waals surface area contributed by atoms with E-state index in [0.717, 1.165) is 0 Å². The molecule has 0 spiro atoms. The van der Waals surface area contributed by atoms with Gasteiger partial charge in [0.05, 0.1) is 17.6 Å². The first-order chi connectivity index (χ1) is 13.4. The Balaban J connectivity index is 2.07. The third-order valence-electron chi connectivity index (χ3n) is 6.18. The monoisotopic (exact) mass is 372 g/mol. The molecular weight excluding hydrogens is 342 g/mol. The zero-order valence-electron chi connectivity index (χ0n) is 17.5. The highest BCUT2D eigenvalue weighted by Crippen LogP contribution is 2.43. The zero-order chi connectivity index (χ0) is 20.0. The van der Waals surface area contributed by atoms with Gasteiger partial charge in [0.1, 0.15) is 0 Å². The van der Waals surface area contributed by atoms with Crippen LogP contribution < -0.4 is 4.57 Å². The van der Waals surface area contributed by atoms with E-state index in [1.807, 2.05) is 6.08 Å². The predicted molar refractivity (Wildman–Crippen MR) is 117 cm³/mol. The summed E-state index contributed by atoms with van der Waals surface area (Å²) in [5.74, 6) is 0.869. The maximum absolute atomic E-state index is 9.38. The van der Waals surface area contributed by atoms with Gasteiger partial charge in [0, 0.05) is 12.0 Å². The number of nitrogens with zero attached hydrogens (tertiary/aromatic N) is 1. The highest BCUT2D eigenvalue weighted by molar-refractivity contribution is 5.94. The van der Waals surface area contributed by atoms with Gasteiger partial charge in [0.15, 0.2) is 12.2 Å². The van der Waals surface area contributed by atoms with E-state index in [-0.39, 0.29) is 12.6 Å². The van der Waals surface area contributed by atoms with Crippen LogP contribution in [0.3, 0.4) is 0 Å². The molecule has 0 bridgehead atoms. The predicted octanol–water partition coefficient (Wildman–Crippen LogP) is 5.74. The van der Waals surface area contributed by atoms with Gasteiger partial charge in [-0.1, -0.05) is 50.6 Å². The Kier molecular flexibility index (Phi) is 4.84. The molecule has 0 aliphatic carbocycles. The highest BCUT2D eigenvalue weighted by Gasteiger charge is 2.38. The summed E-state index contributed by atoms with van der Waals surface area (Å²) in [7, 11) is 0. The highest BCUT2D eigenvalue weighted by atomic mass is 16.2. The molecule has 0 saturated carbocycles. The van der Waals surface area contributed by atoms with Gasteiger partial charge in [-0.25, -0.2) is 0 Å². The number of aryl methyl sites for hydroxylation is 2. The molecule has 2 atom stereocenters. The second-order valence-electron chi connectivity index (χ2n) is 8.51. The Morgan fingerprint density at radius 2 is 1.89 bits per heavy atom. The van der Waals surface area contributed by atoms with E-state index >= 15 is 0 Å². The molecule has 0 radical (unpaired) electrons. The van der Waals surface area contributed by atoms with Crippen molar-refractivity contribution in [3.05, 3.63) is 77.0 Å². The minimum atomic E-state index is 0.0736. The Labute approximate surface area is 168 Å². The second-order valence-corrected chi connectivity index (χ2v) is 8.51. The van der Waals surface area contributed by atoms with E-state index in [1.54, 1.807) is 0 Å². The minimum absolute atomic E-state index is 0.0736. The van der Waals surface area contributed by atoms with Crippen molar-refractivity contribution >= 4 is 10.8 Å². The molecule has 2 aromatic carbocycles. The largest absolute Gasteiger partial charge is 0.392 e. The number of hydrogen-bond donors (Lipinski definition) is 1. The van der Waals surface area contributed by atoms with Crippen molar-refractivity contribution < 1.29 is 9.67 Å². The lowest BCUT2D eigenvalue weighted by Gasteiger charge is -2.29. The lowest BCUT2D eigenvalue weighted by molar-refractivity contribution is -0.705. The van der Waals surface area contributed by atoms with Crippen LogP contribution in [-0.2, 0) is 0 Å². The van der Waals surface area contributed by atoms with Crippen LogP contribution in [0.25, 0.3) is 22.0 Å². The van der Waals surface area contributed by atoms with Crippen molar-refractivity contribution in [2.75, 3.05) is 6.61 Å². The molecular formula is C26H30NO+. The van der Waals surface area contributed by atoms with E-state index in [4.69, 9.17) is 0 Å². The van der Waals surface area contributed by atoms with Crippen LogP contribution in [0.1, 0.15) is 60.9 Å². The van der Waals surface area contributed by atoms with Crippen LogP contribution in [0.2, 0.25) is 0 Å². The van der Waals surface area contributed by atoms with Gasteiger partial charge >= 0.3 is 0 Å². The quantitative estimate of drug-likeness (QED) is 0.460. The molecule has 1 aromatic heterocycles. The van der Waals surface area contributed by atoms with Crippen LogP contribution >= 0.6 is 0 Å². The molecule has 2 heteroatoms. The Morgan fingerprint density at radius 1 is 1.11 bits per heavy atom. The molecule has 2 nitrogen and oxygen atoms in total. The van der Waals surface area contributed by atoms with Crippen LogP contribution in [0.4, 0.5) is 0 Å². The minimum Gasteiger partial charge on any atom is -0.392 e. The number of aliphatic hydroxyl groups is 1. The summed E-state index contributed by atoms with van der Waals surface area (Å²) in [6.07, 6.45) is 6.26. The molecule has 0 fully saturated rings. The maximum Gasteiger partial charge on any atom is 0.221 e. The summed E-state index contributed by atoms with van der Waals surface area (Å²) in [5.41, 5.74) is 8.10. The fourth-order valence-electron chi connectivity index (χ4n) is 4.85. The molecule has 1 aliphatic rings. The number of pyridine rings is 1. The van der Waals surface area contributed by atoms with E-state index in [2.05, 4.69) is 87.9 Å². The van der Waals surface area contributed by atoms with Crippen molar-refractivity contribution in [1.82, 2.24) is 0 Å². The van der Waals surface area contributed by atoms with Gasteiger partial charge in [0.2, 0.25) is 5.69 Å². The van der Waals surface area contributed by atoms with Gasteiger partial charge < -0.3 is 5.11 Å². The molecule has 0 amide bonds. The van der Waals surface area contributed by atoms with Gasteiger partial charge in [-0.2, -0.15) is 4.57 Å². The molecule has 1 aliphatic heterocycles. The average molecular weight is 373 g/mol. The Bertz CT molecular complexity index is 1080. The second kappa shape index (κ2) is 7.18. The third kappa shape index (κ3) is 2.97. The van der Waals surface area contributed by atoms with Crippen LogP contribution in [-0.4, -0.2) is 11.7 Å². The van der Waals surface area contributed by atoms with E-state index in [0.29, 0.717) is 11.8 Å². The first kappa shape index (κ1) is 18.9. The van der Waals surface area contributed by atoms with Crippen molar-refractivity contribution in [3.8, 4) is 11.3 Å². The summed E-state index contributed by atoms with van der Waals surface area (Å²) in [6, 6.07) is 14.0. The zero-order valence-corrected chi connectivity index (χ0v) is 17.5. The van der Waals surface area contributed by atoms with Crippen molar-refractivity contribution in [3.63, 3.8) is 0 Å². The van der Waals surface area contributed by atoms with E-state index in [1.165, 1.54) is 44.3 Å². The van der Waals surface area contributed by atoms with Gasteiger partial charge in [-0.15, -0.1) is 0 Å². The van der Waals surface area contributed by atoms with E-state index in [9.17, 15) is 5.11 Å². The summed E-state index contributed by atoms with van der Waals surface area (Å²) < 4.78 is 2.40. The molecule has 144 valence electrons. The molecule has 1 N–H and O–H groups in total. The van der Waals surface area contributed by atoms with Gasteiger partial charge in [-0.3, -0.25) is 0 Å². The maximum atomic E-state index is 9.38. The van der Waals surface area contributed by atoms with Crippen molar-refractivity contribution in [1.29, 1.82) is 0 Å². The number of rotatable bonds is 3. The SMILES string of the molecule is Cc1cc(C)c2c(c1)-c1c3ccc(C(C)C)cc3cc[n+]1C(/C=C/CO)C2C. The number of aromatic nitrogens is 1. The van der Waals surface area contributed by atoms with Crippen LogP contribution in [0.15, 0.2) is 54.7 Å². The van der Waals surface area contributed by atoms with Crippen molar-refractivity contribution in [2.45, 2.75) is 52.5 Å². The third-order valence-corrected chi connectivity index (χ3v) is 6.18. The molecule has 2 heterocycles.